The maximum absolute atomic E-state index is 12.9. The third-order valence-corrected chi connectivity index (χ3v) is 14.7. The summed E-state index contributed by atoms with van der Waals surface area (Å²) in [4.78, 5) is 38.2. The summed E-state index contributed by atoms with van der Waals surface area (Å²) in [5, 5.41) is 0. The van der Waals surface area contributed by atoms with E-state index in [4.69, 9.17) is 14.2 Å². The number of rotatable bonds is 58. The van der Waals surface area contributed by atoms with E-state index in [0.717, 1.165) is 69.6 Å². The van der Waals surface area contributed by atoms with Gasteiger partial charge < -0.3 is 14.2 Å². The molecule has 0 saturated heterocycles. The van der Waals surface area contributed by atoms with Crippen molar-refractivity contribution in [3.8, 4) is 0 Å². The van der Waals surface area contributed by atoms with E-state index in [1.54, 1.807) is 0 Å². The summed E-state index contributed by atoms with van der Waals surface area (Å²) in [7, 11) is 0. The van der Waals surface area contributed by atoms with Gasteiger partial charge in [-0.15, -0.1) is 0 Å². The van der Waals surface area contributed by atoms with Crippen molar-refractivity contribution in [3.63, 3.8) is 0 Å². The molecule has 0 aliphatic carbocycles. The molecule has 0 rings (SSSR count). The van der Waals surface area contributed by atoms with Gasteiger partial charge in [0.15, 0.2) is 6.10 Å². The van der Waals surface area contributed by atoms with E-state index in [9.17, 15) is 14.4 Å². The van der Waals surface area contributed by atoms with Gasteiger partial charge in [0.2, 0.25) is 0 Å². The quantitative estimate of drug-likeness (QED) is 0.0343. The lowest BCUT2D eigenvalue weighted by molar-refractivity contribution is -0.167. The Hall–Kier alpha value is -1.59. The first-order chi connectivity index (χ1) is 34.2. The van der Waals surface area contributed by atoms with Crippen LogP contribution in [0, 0.1) is 11.8 Å². The van der Waals surface area contributed by atoms with Crippen LogP contribution in [0.3, 0.4) is 0 Å². The zero-order chi connectivity index (χ0) is 51.1. The van der Waals surface area contributed by atoms with Gasteiger partial charge in [0.1, 0.15) is 13.2 Å². The van der Waals surface area contributed by atoms with E-state index >= 15 is 0 Å². The molecule has 0 radical (unpaired) electrons. The molecule has 0 N–H and O–H groups in total. The van der Waals surface area contributed by atoms with Crippen molar-refractivity contribution in [2.24, 2.45) is 11.8 Å². The van der Waals surface area contributed by atoms with Crippen LogP contribution in [0.15, 0.2) is 0 Å². The highest BCUT2D eigenvalue weighted by Crippen LogP contribution is 2.19. The monoisotopic (exact) mass is 989 g/mol. The topological polar surface area (TPSA) is 78.9 Å². The number of carbonyl (C=O) groups is 3. The van der Waals surface area contributed by atoms with Crippen LogP contribution in [-0.2, 0) is 28.6 Å². The van der Waals surface area contributed by atoms with Crippen molar-refractivity contribution in [3.05, 3.63) is 0 Å². The Balaban J connectivity index is 4.24. The maximum atomic E-state index is 12.9. The highest BCUT2D eigenvalue weighted by atomic mass is 16.6. The number of esters is 3. The minimum atomic E-state index is -0.763. The molecule has 0 aromatic carbocycles. The van der Waals surface area contributed by atoms with Gasteiger partial charge in [-0.25, -0.2) is 0 Å². The third kappa shape index (κ3) is 57.3. The average Bonchev–Trinajstić information content (AvgIpc) is 3.33. The summed E-state index contributed by atoms with van der Waals surface area (Å²) < 4.78 is 16.9. The molecule has 0 aromatic heterocycles. The lowest BCUT2D eigenvalue weighted by atomic mass is 10.0. The molecular formula is C64H124O6. The fraction of sp³-hybridized carbons (Fsp3) is 0.953. The number of hydrogen-bond acceptors (Lipinski definition) is 6. The Morgan fingerprint density at radius 3 is 0.700 bits per heavy atom. The van der Waals surface area contributed by atoms with Crippen LogP contribution in [0.1, 0.15) is 362 Å². The van der Waals surface area contributed by atoms with Crippen LogP contribution in [0.25, 0.3) is 0 Å². The van der Waals surface area contributed by atoms with Crippen LogP contribution in [0.2, 0.25) is 0 Å². The summed E-state index contributed by atoms with van der Waals surface area (Å²) in [5.74, 6) is 0.879. The second kappa shape index (κ2) is 56.7. The smallest absolute Gasteiger partial charge is 0.306 e. The second-order valence-electron chi connectivity index (χ2n) is 23.0. The normalized spacial score (nSPS) is 12.0. The molecule has 0 bridgehead atoms. The Kier molecular flexibility index (Phi) is 55.4. The summed E-state index contributed by atoms with van der Waals surface area (Å²) in [5.41, 5.74) is 0. The van der Waals surface area contributed by atoms with Crippen LogP contribution >= 0.6 is 0 Å². The van der Waals surface area contributed by atoms with E-state index in [1.165, 1.54) is 250 Å². The van der Waals surface area contributed by atoms with Gasteiger partial charge in [0, 0.05) is 19.3 Å². The third-order valence-electron chi connectivity index (χ3n) is 14.7. The van der Waals surface area contributed by atoms with Crippen molar-refractivity contribution in [2.45, 2.75) is 368 Å². The van der Waals surface area contributed by atoms with E-state index < -0.39 is 6.10 Å². The fourth-order valence-electron chi connectivity index (χ4n) is 9.93. The standard InChI is InChI=1S/C64H124O6/c1-6-7-8-9-10-11-12-29-34-39-44-49-54-62(65)68-57-61(58-69-63(66)55-50-45-40-35-30-25-21-18-17-20-24-28-33-38-43-48-53-60(4)5)70-64(67)56-51-46-41-36-31-26-22-16-14-13-15-19-23-27-32-37-42-47-52-59(2)3/h59-61H,6-58H2,1-5H3/t61-/m1/s1. The van der Waals surface area contributed by atoms with E-state index in [1.807, 2.05) is 0 Å². The summed E-state index contributed by atoms with van der Waals surface area (Å²) in [6.45, 7) is 11.5. The van der Waals surface area contributed by atoms with E-state index in [0.29, 0.717) is 19.3 Å². The van der Waals surface area contributed by atoms with Crippen LogP contribution in [-0.4, -0.2) is 37.2 Å². The molecule has 70 heavy (non-hydrogen) atoms. The van der Waals surface area contributed by atoms with Gasteiger partial charge in [0.05, 0.1) is 0 Å². The number of carbonyl (C=O) groups excluding carboxylic acids is 3. The zero-order valence-electron chi connectivity index (χ0n) is 48.2. The molecule has 0 heterocycles. The molecule has 0 amide bonds. The number of hydrogen-bond donors (Lipinski definition) is 0. The molecule has 0 unspecified atom stereocenters. The van der Waals surface area contributed by atoms with Crippen molar-refractivity contribution < 1.29 is 28.6 Å². The highest BCUT2D eigenvalue weighted by molar-refractivity contribution is 5.71. The van der Waals surface area contributed by atoms with Crippen molar-refractivity contribution in [1.29, 1.82) is 0 Å². The largest absolute Gasteiger partial charge is 0.462 e. The number of unbranched alkanes of at least 4 members (excludes halogenated alkanes) is 43. The molecule has 0 spiro atoms. The Morgan fingerprint density at radius 2 is 0.471 bits per heavy atom. The molecule has 416 valence electrons. The van der Waals surface area contributed by atoms with E-state index in [-0.39, 0.29) is 31.1 Å². The SMILES string of the molecule is CCCCCCCCCCCCCCC(=O)OC[C@H](COC(=O)CCCCCCCCCCCCCCCCCCC(C)C)OC(=O)CCCCCCCCCCCCCCCCCCCCC(C)C. The molecular weight excluding hydrogens is 865 g/mol. The first kappa shape index (κ1) is 68.4. The molecule has 0 fully saturated rings. The molecule has 0 aliphatic heterocycles. The Labute approximate surface area is 438 Å². The van der Waals surface area contributed by atoms with E-state index in [2.05, 4.69) is 34.6 Å². The Bertz CT molecular complexity index is 1070. The van der Waals surface area contributed by atoms with Crippen LogP contribution in [0.5, 0.6) is 0 Å². The predicted octanol–water partition coefficient (Wildman–Crippen LogP) is 21.2. The first-order valence-corrected chi connectivity index (χ1v) is 31.7. The van der Waals surface area contributed by atoms with Gasteiger partial charge in [-0.2, -0.15) is 0 Å². The molecule has 1 atom stereocenters. The molecule has 0 aromatic rings. The summed E-state index contributed by atoms with van der Waals surface area (Å²) in [6.07, 6.45) is 62.5. The van der Waals surface area contributed by atoms with Crippen molar-refractivity contribution in [2.75, 3.05) is 13.2 Å². The maximum Gasteiger partial charge on any atom is 0.306 e. The minimum Gasteiger partial charge on any atom is -0.462 e. The van der Waals surface area contributed by atoms with Gasteiger partial charge in [0.25, 0.3) is 0 Å². The molecule has 6 heteroatoms. The second-order valence-corrected chi connectivity index (χ2v) is 23.0. The lowest BCUT2D eigenvalue weighted by Gasteiger charge is -2.18. The molecule has 0 aliphatic rings. The molecule has 0 saturated carbocycles. The van der Waals surface area contributed by atoms with Crippen molar-refractivity contribution in [1.82, 2.24) is 0 Å². The Morgan fingerprint density at radius 1 is 0.271 bits per heavy atom. The van der Waals surface area contributed by atoms with Crippen LogP contribution in [0.4, 0.5) is 0 Å². The fourth-order valence-corrected chi connectivity index (χ4v) is 9.93. The molecule has 6 nitrogen and oxygen atoms in total. The van der Waals surface area contributed by atoms with Gasteiger partial charge in [-0.05, 0) is 31.1 Å². The van der Waals surface area contributed by atoms with Gasteiger partial charge in [-0.3, -0.25) is 14.4 Å². The van der Waals surface area contributed by atoms with Gasteiger partial charge >= 0.3 is 17.9 Å². The van der Waals surface area contributed by atoms with Crippen LogP contribution < -0.4 is 0 Å². The summed E-state index contributed by atoms with van der Waals surface area (Å²) >= 11 is 0. The van der Waals surface area contributed by atoms with Gasteiger partial charge in [-0.1, -0.05) is 324 Å². The minimum absolute atomic E-state index is 0.0618. The predicted molar refractivity (Wildman–Crippen MR) is 303 cm³/mol. The van der Waals surface area contributed by atoms with Crippen molar-refractivity contribution >= 4 is 17.9 Å². The summed E-state index contributed by atoms with van der Waals surface area (Å²) in [6, 6.07) is 0. The average molecular weight is 990 g/mol. The lowest BCUT2D eigenvalue weighted by Crippen LogP contribution is -2.30. The first-order valence-electron chi connectivity index (χ1n) is 31.7. The number of ether oxygens (including phenoxy) is 3. The highest BCUT2D eigenvalue weighted by Gasteiger charge is 2.19. The zero-order valence-corrected chi connectivity index (χ0v) is 48.2.